The lowest BCUT2D eigenvalue weighted by Gasteiger charge is -2.40. The molecule has 0 radical (unpaired) electrons. The third-order valence-corrected chi connectivity index (χ3v) is 4.83. The van der Waals surface area contributed by atoms with Gasteiger partial charge in [-0.1, -0.05) is 25.1 Å². The van der Waals surface area contributed by atoms with Gasteiger partial charge in [-0.05, 0) is 36.2 Å². The maximum absolute atomic E-state index is 12.4. The van der Waals surface area contributed by atoms with Crippen LogP contribution < -0.4 is 19.7 Å². The molecule has 2 aromatic rings. The number of carbonyl (C=O) groups excluding carboxylic acids is 1. The van der Waals surface area contributed by atoms with Crippen molar-refractivity contribution in [3.8, 4) is 11.5 Å². The second-order valence-electron chi connectivity index (χ2n) is 6.31. The summed E-state index contributed by atoms with van der Waals surface area (Å²) in [6.07, 6.45) is 0.467. The number of methoxy groups -OCH3 is 2. The molecule has 1 heterocycles. The fourth-order valence-corrected chi connectivity index (χ4v) is 3.25. The summed E-state index contributed by atoms with van der Waals surface area (Å²) in [6, 6.07) is 13.0. The number of β-amino-alcohol motifs (C(OH)–C–C–N with tert-alkyl or cyclic N) is 1. The van der Waals surface area contributed by atoms with E-state index in [0.717, 1.165) is 5.56 Å². The van der Waals surface area contributed by atoms with Gasteiger partial charge in [0.1, 0.15) is 0 Å². The predicted molar refractivity (Wildman–Crippen MR) is 99.7 cm³/mol. The average Bonchev–Trinajstić information content (AvgIpc) is 2.79. The number of rotatable bonds is 5. The van der Waals surface area contributed by atoms with Crippen molar-refractivity contribution in [2.24, 2.45) is 0 Å². The van der Waals surface area contributed by atoms with Crippen LogP contribution in [0.25, 0.3) is 0 Å². The van der Waals surface area contributed by atoms with E-state index < -0.39 is 5.72 Å². The maximum atomic E-state index is 12.4. The first-order valence-electron chi connectivity index (χ1n) is 8.60. The molecular weight excluding hydrogens is 332 g/mol. The van der Waals surface area contributed by atoms with E-state index in [2.05, 4.69) is 5.32 Å². The molecule has 1 unspecified atom stereocenters. The van der Waals surface area contributed by atoms with Gasteiger partial charge >= 0.3 is 0 Å². The van der Waals surface area contributed by atoms with Gasteiger partial charge in [0, 0.05) is 6.54 Å². The van der Waals surface area contributed by atoms with Gasteiger partial charge in [0.25, 0.3) is 5.91 Å². The highest BCUT2D eigenvalue weighted by Gasteiger charge is 2.38. The zero-order chi connectivity index (χ0) is 18.7. The Morgan fingerprint density at radius 3 is 2.58 bits per heavy atom. The second kappa shape index (κ2) is 7.25. The maximum Gasteiger partial charge on any atom is 0.253 e. The number of nitrogens with zero attached hydrogens (tertiary/aromatic N) is 1. The number of hydrogen-bond acceptors (Lipinski definition) is 5. The number of anilines is 1. The zero-order valence-corrected chi connectivity index (χ0v) is 15.3. The highest BCUT2D eigenvalue weighted by Crippen LogP contribution is 2.34. The number of ether oxygens (including phenoxy) is 2. The Morgan fingerprint density at radius 1 is 1.15 bits per heavy atom. The summed E-state index contributed by atoms with van der Waals surface area (Å²) in [4.78, 5) is 14.3. The molecule has 138 valence electrons. The Bertz CT molecular complexity index is 808. The Balaban J connectivity index is 2.05. The summed E-state index contributed by atoms with van der Waals surface area (Å²) in [7, 11) is 3.18. The van der Waals surface area contributed by atoms with Gasteiger partial charge in [-0.15, -0.1) is 0 Å². The molecule has 1 amide bonds. The monoisotopic (exact) mass is 356 g/mol. The minimum atomic E-state index is -1.19. The van der Waals surface area contributed by atoms with Gasteiger partial charge in [0.2, 0.25) is 0 Å². The van der Waals surface area contributed by atoms with Crippen molar-refractivity contribution in [3.63, 3.8) is 0 Å². The molecule has 6 heteroatoms. The van der Waals surface area contributed by atoms with Crippen LogP contribution in [0.5, 0.6) is 11.5 Å². The Hall–Kier alpha value is -2.73. The van der Waals surface area contributed by atoms with E-state index in [0.29, 0.717) is 35.7 Å². The number of aliphatic hydroxyl groups is 1. The number of amides is 1. The van der Waals surface area contributed by atoms with Crippen LogP contribution in [0, 0.1) is 0 Å². The van der Waals surface area contributed by atoms with Crippen LogP contribution in [-0.2, 0) is 6.54 Å². The molecule has 1 aliphatic rings. The fraction of sp³-hybridized carbons (Fsp3) is 0.350. The molecule has 0 bridgehead atoms. The van der Waals surface area contributed by atoms with E-state index in [1.165, 1.54) is 0 Å². The minimum Gasteiger partial charge on any atom is -0.493 e. The first kappa shape index (κ1) is 18.1. The van der Waals surface area contributed by atoms with Crippen molar-refractivity contribution >= 4 is 11.6 Å². The molecule has 0 aromatic heterocycles. The number of carbonyl (C=O) groups is 1. The molecule has 6 nitrogen and oxygen atoms in total. The molecule has 3 rings (SSSR count). The van der Waals surface area contributed by atoms with Gasteiger partial charge in [-0.25, -0.2) is 0 Å². The number of nitrogens with one attached hydrogen (secondary N) is 1. The van der Waals surface area contributed by atoms with Gasteiger partial charge in [-0.2, -0.15) is 0 Å². The molecule has 1 aliphatic heterocycles. The molecule has 0 saturated carbocycles. The fourth-order valence-electron chi connectivity index (χ4n) is 3.25. The lowest BCUT2D eigenvalue weighted by Crippen LogP contribution is -2.53. The second-order valence-corrected chi connectivity index (χ2v) is 6.31. The molecule has 2 N–H and O–H groups in total. The highest BCUT2D eigenvalue weighted by atomic mass is 16.5. The van der Waals surface area contributed by atoms with Crippen molar-refractivity contribution in [2.75, 3.05) is 25.7 Å². The Kier molecular flexibility index (Phi) is 5.04. The number of para-hydroxylation sites is 1. The van der Waals surface area contributed by atoms with Gasteiger partial charge < -0.3 is 24.8 Å². The Morgan fingerprint density at radius 2 is 1.88 bits per heavy atom. The van der Waals surface area contributed by atoms with Crippen LogP contribution in [-0.4, -0.2) is 37.5 Å². The molecule has 2 aromatic carbocycles. The topological polar surface area (TPSA) is 71.0 Å². The highest BCUT2D eigenvalue weighted by molar-refractivity contribution is 6.00. The normalized spacial score (nSPS) is 19.4. The van der Waals surface area contributed by atoms with E-state index in [1.807, 2.05) is 48.2 Å². The van der Waals surface area contributed by atoms with Crippen LogP contribution in [0.4, 0.5) is 5.69 Å². The predicted octanol–water partition coefficient (Wildman–Crippen LogP) is 2.55. The average molecular weight is 356 g/mol. The van der Waals surface area contributed by atoms with Crippen molar-refractivity contribution in [1.82, 2.24) is 5.32 Å². The summed E-state index contributed by atoms with van der Waals surface area (Å²) in [5.74, 6) is 1.10. The SMILES string of the molecule is CCC1(O)CNC(=O)c2ccccc2N1Cc1ccc(OC)c(OC)c1. The quantitative estimate of drug-likeness (QED) is 0.862. The van der Waals surface area contributed by atoms with Gasteiger partial charge in [0.15, 0.2) is 17.2 Å². The van der Waals surface area contributed by atoms with Crippen LogP contribution in [0.15, 0.2) is 42.5 Å². The standard InChI is InChI=1S/C20H24N2O4/c1-4-20(24)13-21-19(23)15-7-5-6-8-16(15)22(20)12-14-9-10-17(25-2)18(11-14)26-3/h5-11,24H,4,12-13H2,1-3H3,(H,21,23). The lowest BCUT2D eigenvalue weighted by molar-refractivity contribution is 0.0322. The van der Waals surface area contributed by atoms with Crippen molar-refractivity contribution in [3.05, 3.63) is 53.6 Å². The van der Waals surface area contributed by atoms with Crippen LogP contribution in [0.1, 0.15) is 29.3 Å². The van der Waals surface area contributed by atoms with Crippen LogP contribution in [0.2, 0.25) is 0 Å². The van der Waals surface area contributed by atoms with E-state index in [1.54, 1.807) is 20.3 Å². The molecule has 0 fully saturated rings. The third-order valence-electron chi connectivity index (χ3n) is 4.83. The number of benzene rings is 2. The lowest BCUT2D eigenvalue weighted by atomic mass is 10.0. The summed E-state index contributed by atoms with van der Waals surface area (Å²) < 4.78 is 10.7. The molecule has 0 saturated heterocycles. The number of hydrogen-bond donors (Lipinski definition) is 2. The first-order chi connectivity index (χ1) is 12.5. The molecule has 26 heavy (non-hydrogen) atoms. The first-order valence-corrected chi connectivity index (χ1v) is 8.60. The molecule has 0 spiro atoms. The van der Waals surface area contributed by atoms with Crippen LogP contribution >= 0.6 is 0 Å². The van der Waals surface area contributed by atoms with E-state index >= 15 is 0 Å². The smallest absolute Gasteiger partial charge is 0.253 e. The zero-order valence-electron chi connectivity index (χ0n) is 15.3. The summed E-state index contributed by atoms with van der Waals surface area (Å²) in [5.41, 5.74) is 1.02. The van der Waals surface area contributed by atoms with E-state index in [-0.39, 0.29) is 12.5 Å². The summed E-state index contributed by atoms with van der Waals surface area (Å²) in [6.45, 7) is 2.49. The summed E-state index contributed by atoms with van der Waals surface area (Å²) in [5, 5.41) is 14.1. The van der Waals surface area contributed by atoms with Crippen molar-refractivity contribution in [2.45, 2.75) is 25.6 Å². The third kappa shape index (κ3) is 3.20. The van der Waals surface area contributed by atoms with Gasteiger partial charge in [-0.3, -0.25) is 4.79 Å². The Labute approximate surface area is 153 Å². The van der Waals surface area contributed by atoms with E-state index in [9.17, 15) is 9.90 Å². The van der Waals surface area contributed by atoms with E-state index in [4.69, 9.17) is 9.47 Å². The van der Waals surface area contributed by atoms with Crippen molar-refractivity contribution < 1.29 is 19.4 Å². The van der Waals surface area contributed by atoms with Crippen molar-refractivity contribution in [1.29, 1.82) is 0 Å². The molecule has 0 aliphatic carbocycles. The minimum absolute atomic E-state index is 0.157. The van der Waals surface area contributed by atoms with Crippen LogP contribution in [0.3, 0.4) is 0 Å². The molecular formula is C20H24N2O4. The molecule has 1 atom stereocenters. The largest absolute Gasteiger partial charge is 0.493 e. The van der Waals surface area contributed by atoms with Gasteiger partial charge in [0.05, 0.1) is 32.0 Å². The number of fused-ring (bicyclic) bond motifs is 1. The summed E-state index contributed by atoms with van der Waals surface area (Å²) >= 11 is 0.